The van der Waals surface area contributed by atoms with Crippen molar-refractivity contribution in [3.8, 4) is 0 Å². The number of hydrogen-bond acceptors (Lipinski definition) is 6. The lowest BCUT2D eigenvalue weighted by molar-refractivity contribution is -0.113. The molecule has 230 valence electrons. The van der Waals surface area contributed by atoms with Crippen molar-refractivity contribution in [3.63, 3.8) is 0 Å². The van der Waals surface area contributed by atoms with Gasteiger partial charge in [0.15, 0.2) is 5.78 Å². The highest BCUT2D eigenvalue weighted by Gasteiger charge is 2.22. The number of anilines is 1. The number of ketones is 1. The van der Waals surface area contributed by atoms with Gasteiger partial charge in [0.2, 0.25) is 0 Å². The van der Waals surface area contributed by atoms with Gasteiger partial charge < -0.3 is 32.8 Å². The molecule has 1 saturated carbocycles. The minimum Gasteiger partial charge on any atom is -0.362 e. The molecule has 1 fully saturated rings. The Kier molecular flexibility index (Phi) is 18.8. The van der Waals surface area contributed by atoms with E-state index in [9.17, 15) is 4.79 Å². The van der Waals surface area contributed by atoms with Gasteiger partial charge in [-0.1, -0.05) is 71.6 Å². The molecule has 8 nitrogen and oxygen atoms in total. The Hall–Kier alpha value is -3.39. The van der Waals surface area contributed by atoms with Crippen LogP contribution in [-0.2, 0) is 11.3 Å². The van der Waals surface area contributed by atoms with E-state index in [1.165, 1.54) is 38.8 Å². The largest absolute Gasteiger partial charge is 0.362 e. The van der Waals surface area contributed by atoms with Gasteiger partial charge in [-0.2, -0.15) is 0 Å². The number of carbonyl (C=O) groups excluding carboxylic acids is 2. The molecule has 3 atom stereocenters. The molecule has 1 aromatic carbocycles. The molecule has 8 heteroatoms. The van der Waals surface area contributed by atoms with Crippen LogP contribution in [0.2, 0.25) is 0 Å². The lowest BCUT2D eigenvalue weighted by atomic mass is 10.0. The Balaban J connectivity index is 0.00000110. The molecule has 0 saturated heterocycles. The van der Waals surface area contributed by atoms with Crippen molar-refractivity contribution in [1.29, 1.82) is 5.41 Å². The lowest BCUT2D eigenvalue weighted by Gasteiger charge is -2.31. The zero-order chi connectivity index (χ0) is 31.5. The predicted molar refractivity (Wildman–Crippen MR) is 175 cm³/mol. The summed E-state index contributed by atoms with van der Waals surface area (Å²) in [4.78, 5) is 22.7. The molecule has 8 N–H and O–H groups in total. The van der Waals surface area contributed by atoms with E-state index in [1.807, 2.05) is 38.2 Å². The maximum Gasteiger partial charge on any atom is 0.309 e. The van der Waals surface area contributed by atoms with Crippen LogP contribution >= 0.6 is 0 Å². The topological polar surface area (TPSA) is 151 Å². The Morgan fingerprint density at radius 1 is 1.10 bits per heavy atom. The van der Waals surface area contributed by atoms with Crippen molar-refractivity contribution >= 4 is 23.7 Å². The van der Waals surface area contributed by atoms with E-state index in [0.29, 0.717) is 23.6 Å². The highest BCUT2D eigenvalue weighted by Crippen LogP contribution is 2.35. The maximum atomic E-state index is 11.6. The average molecular weight is 569 g/mol. The number of primary amides is 2. The first kappa shape index (κ1) is 37.6. The first-order valence-corrected chi connectivity index (χ1v) is 14.7. The molecule has 41 heavy (non-hydrogen) atoms. The highest BCUT2D eigenvalue weighted by molar-refractivity contribution is 5.95. The lowest BCUT2D eigenvalue weighted by Crippen LogP contribution is -2.36. The molecule has 2 rings (SSSR count). The number of carbonyl (C=O) groups is 2. The van der Waals surface area contributed by atoms with Gasteiger partial charge in [0, 0.05) is 36.8 Å². The molecule has 0 heterocycles. The fraction of sp³-hybridized carbons (Fsp3) is 0.545. The minimum absolute atomic E-state index is 0.00439. The Morgan fingerprint density at radius 2 is 1.71 bits per heavy atom. The summed E-state index contributed by atoms with van der Waals surface area (Å²) in [5.74, 6) is 2.59. The van der Waals surface area contributed by atoms with Crippen LogP contribution in [0.5, 0.6) is 0 Å². The quantitative estimate of drug-likeness (QED) is 0.0554. The molecule has 1 aliphatic carbocycles. The first-order valence-electron chi connectivity index (χ1n) is 14.7. The molecule has 0 aliphatic heterocycles. The van der Waals surface area contributed by atoms with Crippen LogP contribution < -0.4 is 22.5 Å². The molecule has 0 aromatic heterocycles. The predicted octanol–water partition coefficient (Wildman–Crippen LogP) is 6.73. The van der Waals surface area contributed by atoms with Crippen molar-refractivity contribution in [1.82, 2.24) is 4.90 Å². The van der Waals surface area contributed by atoms with E-state index < -0.39 is 6.03 Å². The van der Waals surface area contributed by atoms with Gasteiger partial charge in [-0.3, -0.25) is 4.79 Å². The van der Waals surface area contributed by atoms with Gasteiger partial charge in [-0.05, 0) is 80.4 Å². The number of nitrogens with zero attached hydrogens (tertiary/aromatic N) is 1. The fourth-order valence-electron chi connectivity index (χ4n) is 3.75. The second kappa shape index (κ2) is 20.5. The summed E-state index contributed by atoms with van der Waals surface area (Å²) >= 11 is 0. The van der Waals surface area contributed by atoms with Gasteiger partial charge >= 0.3 is 6.03 Å². The molecule has 2 amide bonds. The Morgan fingerprint density at radius 3 is 2.17 bits per heavy atom. The molecule has 1 aromatic rings. The van der Waals surface area contributed by atoms with E-state index in [-0.39, 0.29) is 11.9 Å². The second-order valence-corrected chi connectivity index (χ2v) is 11.0. The number of nitrogens with two attached hydrogens (primary N) is 3. The number of likely N-dealkylation sites (N-methyl/N-ethyl adjacent to an activating group) is 1. The molecular weight excluding hydrogens is 512 g/mol. The zero-order valence-corrected chi connectivity index (χ0v) is 26.7. The summed E-state index contributed by atoms with van der Waals surface area (Å²) in [5.41, 5.74) is 18.6. The Labute approximate surface area is 249 Å². The zero-order valence-electron chi connectivity index (χ0n) is 26.7. The number of allylic oxidation sites excluding steroid dienone is 5. The SMILES string of the molecule is CCC(C)/C=C\C(Nc1cccc(CN)c1)N(C)/C(C)=C(C=N)\C=C(/C)C(C)=O.CCC(C)CC1CC1.NC(N)=O. The van der Waals surface area contributed by atoms with Gasteiger partial charge in [0.25, 0.3) is 0 Å². The van der Waals surface area contributed by atoms with E-state index in [4.69, 9.17) is 15.9 Å². The van der Waals surface area contributed by atoms with Crippen molar-refractivity contribution in [2.24, 2.45) is 35.0 Å². The van der Waals surface area contributed by atoms with Gasteiger partial charge in [-0.15, -0.1) is 0 Å². The van der Waals surface area contributed by atoms with Crippen LogP contribution in [0.1, 0.15) is 86.1 Å². The number of hydrogen-bond donors (Lipinski definition) is 5. The van der Waals surface area contributed by atoms with Crippen LogP contribution in [0.4, 0.5) is 10.5 Å². The number of Topliss-reactive ketones (excluding diaryl/α,β-unsaturated/α-hetero) is 1. The number of amides is 2. The number of nitrogens with one attached hydrogen (secondary N) is 2. The van der Waals surface area contributed by atoms with E-state index in [0.717, 1.165) is 35.2 Å². The normalized spacial score (nSPS) is 15.7. The molecular formula is C33H56N6O2. The third-order valence-corrected chi connectivity index (χ3v) is 7.32. The maximum absolute atomic E-state index is 11.6. The van der Waals surface area contributed by atoms with Crippen LogP contribution in [0.25, 0.3) is 0 Å². The minimum atomic E-state index is -0.833. The number of urea groups is 1. The standard InChI is InChI=1S/C24H36N4O.C8H16.CH4N2O/c1-7-17(2)11-12-24(27-23-10-8-9-21(14-23)15-25)28(6)19(4)22(16-26)13-18(3)20(5)29;1-3-7(2)6-8-4-5-8;2-1(3)4/h8-14,16-17,24,26-27H,7,15,25H2,1-6H3;7-8H,3-6H2,1-2H3;(H4,2,3,4)/b12-11-,18-13+,22-19+,26-16?;;. The summed E-state index contributed by atoms with van der Waals surface area (Å²) in [5, 5.41) is 11.4. The Bertz CT molecular complexity index is 1040. The average Bonchev–Trinajstić information content (AvgIpc) is 3.76. The van der Waals surface area contributed by atoms with Crippen molar-refractivity contribution in [2.75, 3.05) is 12.4 Å². The molecule has 1 aliphatic rings. The molecule has 0 radical (unpaired) electrons. The summed E-state index contributed by atoms with van der Waals surface area (Å²) in [6, 6.07) is 7.24. The monoisotopic (exact) mass is 568 g/mol. The third kappa shape index (κ3) is 17.1. The highest BCUT2D eigenvalue weighted by atomic mass is 16.2. The second-order valence-electron chi connectivity index (χ2n) is 11.0. The van der Waals surface area contributed by atoms with E-state index in [1.54, 1.807) is 13.0 Å². The summed E-state index contributed by atoms with van der Waals surface area (Å²) in [6.45, 7) is 14.8. The summed E-state index contributed by atoms with van der Waals surface area (Å²) < 4.78 is 0. The van der Waals surface area contributed by atoms with Gasteiger partial charge in [0.05, 0.1) is 0 Å². The van der Waals surface area contributed by atoms with Crippen LogP contribution in [0.15, 0.2) is 59.3 Å². The first-order chi connectivity index (χ1) is 19.3. The van der Waals surface area contributed by atoms with Crippen molar-refractivity contribution in [2.45, 2.75) is 93.3 Å². The fourth-order valence-corrected chi connectivity index (χ4v) is 3.75. The van der Waals surface area contributed by atoms with Gasteiger partial charge in [0.1, 0.15) is 6.17 Å². The molecule has 0 spiro atoms. The third-order valence-electron chi connectivity index (χ3n) is 7.32. The van der Waals surface area contributed by atoms with Gasteiger partial charge in [-0.25, -0.2) is 4.79 Å². The number of rotatable bonds is 14. The van der Waals surface area contributed by atoms with E-state index in [2.05, 4.69) is 61.5 Å². The van der Waals surface area contributed by atoms with Crippen LogP contribution in [0, 0.1) is 23.2 Å². The molecule has 3 unspecified atom stereocenters. The van der Waals surface area contributed by atoms with Crippen LogP contribution in [0.3, 0.4) is 0 Å². The van der Waals surface area contributed by atoms with Crippen molar-refractivity contribution in [3.05, 3.63) is 64.9 Å². The summed E-state index contributed by atoms with van der Waals surface area (Å²) in [7, 11) is 1.99. The smallest absolute Gasteiger partial charge is 0.309 e. The van der Waals surface area contributed by atoms with Crippen LogP contribution in [-0.4, -0.2) is 36.1 Å². The summed E-state index contributed by atoms with van der Waals surface area (Å²) in [6.07, 6.45) is 14.3. The molecule has 0 bridgehead atoms. The van der Waals surface area contributed by atoms with E-state index >= 15 is 0 Å². The van der Waals surface area contributed by atoms with Crippen molar-refractivity contribution < 1.29 is 9.59 Å². The number of benzene rings is 1.